The predicted molar refractivity (Wildman–Crippen MR) is 301 cm³/mol. The van der Waals surface area contributed by atoms with Gasteiger partial charge >= 0.3 is 5.97 Å². The van der Waals surface area contributed by atoms with Gasteiger partial charge in [-0.15, -0.1) is 0 Å². The highest BCUT2D eigenvalue weighted by molar-refractivity contribution is 5.96. The van der Waals surface area contributed by atoms with Gasteiger partial charge in [-0.1, -0.05) is 136 Å². The van der Waals surface area contributed by atoms with E-state index in [2.05, 4.69) is 6.92 Å². The normalized spacial score (nSPS) is 19.1. The van der Waals surface area contributed by atoms with Crippen LogP contribution < -0.4 is 0 Å². The van der Waals surface area contributed by atoms with E-state index in [0.29, 0.717) is 57.9 Å². The Balaban J connectivity index is 1.40. The number of esters is 1. The topological polar surface area (TPSA) is 224 Å². The van der Waals surface area contributed by atoms with Gasteiger partial charge in [0.1, 0.15) is 47.1 Å². The van der Waals surface area contributed by atoms with Crippen molar-refractivity contribution in [3.05, 3.63) is 47.5 Å². The molecule has 436 valence electrons. The van der Waals surface area contributed by atoms with E-state index in [1.807, 2.05) is 44.2 Å². The largest absolute Gasteiger partial charge is 0.461 e. The van der Waals surface area contributed by atoms with Gasteiger partial charge in [0.2, 0.25) is 5.91 Å². The molecule has 1 aromatic rings. The highest BCUT2D eigenvalue weighted by Crippen LogP contribution is 2.40. The van der Waals surface area contributed by atoms with Crippen molar-refractivity contribution in [2.45, 2.75) is 260 Å². The lowest BCUT2D eigenvalue weighted by molar-refractivity contribution is -0.145. The van der Waals surface area contributed by atoms with E-state index in [-0.39, 0.29) is 160 Å². The monoisotopic (exact) mass is 1090 g/mol. The van der Waals surface area contributed by atoms with Crippen LogP contribution in [0.2, 0.25) is 0 Å². The Morgan fingerprint density at radius 2 is 1.33 bits per heavy atom. The molecular formula is C64H97NO13. The van der Waals surface area contributed by atoms with Crippen LogP contribution in [0.25, 0.3) is 0 Å². The molecule has 0 bridgehead atoms. The lowest BCUT2D eigenvalue weighted by Crippen LogP contribution is -2.41. The molecule has 7 unspecified atom stereocenters. The quantitative estimate of drug-likeness (QED) is 0.0354. The zero-order valence-corrected chi connectivity index (χ0v) is 48.7. The molecule has 2 aliphatic rings. The molecule has 2 N–H and O–H groups in total. The number of unbranched alkanes of at least 4 members (excludes halogenated alkanes) is 6. The fraction of sp³-hybridized carbons (Fsp3) is 0.719. The third kappa shape index (κ3) is 23.5. The van der Waals surface area contributed by atoms with Crippen molar-refractivity contribution in [2.75, 3.05) is 6.54 Å². The molecule has 1 saturated carbocycles. The minimum absolute atomic E-state index is 0.00689. The summed E-state index contributed by atoms with van der Waals surface area (Å²) in [6, 6.07) is 6.65. The summed E-state index contributed by atoms with van der Waals surface area (Å²) in [5.74, 6) is -2.44. The first-order valence-electron chi connectivity index (χ1n) is 29.8. The molecule has 1 aliphatic carbocycles. The van der Waals surface area contributed by atoms with Gasteiger partial charge in [0.25, 0.3) is 0 Å². The first kappa shape index (κ1) is 67.5. The van der Waals surface area contributed by atoms with E-state index in [1.165, 1.54) is 0 Å². The molecule has 1 saturated heterocycles. The molecule has 1 aliphatic heterocycles. The Morgan fingerprint density at radius 3 is 1.99 bits per heavy atom. The number of ketones is 8. The molecule has 14 heteroatoms. The lowest BCUT2D eigenvalue weighted by Gasteiger charge is -2.35. The molecule has 0 spiro atoms. The van der Waals surface area contributed by atoms with Gasteiger partial charge in [-0.3, -0.25) is 47.9 Å². The van der Waals surface area contributed by atoms with Crippen molar-refractivity contribution in [2.24, 2.45) is 28.6 Å². The number of carbonyl (C=O) groups is 10. The highest BCUT2D eigenvalue weighted by Gasteiger charge is 2.42. The van der Waals surface area contributed by atoms with E-state index in [0.717, 1.165) is 62.5 Å². The summed E-state index contributed by atoms with van der Waals surface area (Å²) < 4.78 is 5.53. The number of aliphatic hydroxyl groups is 2. The molecular weight excluding hydrogens is 991 g/mol. The number of aliphatic hydroxyl groups excluding tert-OH is 2. The van der Waals surface area contributed by atoms with Crippen molar-refractivity contribution >= 4 is 58.1 Å². The van der Waals surface area contributed by atoms with Gasteiger partial charge < -0.3 is 19.8 Å². The molecule has 1 amide bonds. The second kappa shape index (κ2) is 35.0. The number of nitrogens with zero attached hydrogens (tertiary/aromatic N) is 1. The van der Waals surface area contributed by atoms with Crippen LogP contribution in [0.15, 0.2) is 36.4 Å². The van der Waals surface area contributed by atoms with E-state index < -0.39 is 35.0 Å². The summed E-state index contributed by atoms with van der Waals surface area (Å²) in [5, 5.41) is 20.8. The molecule has 3 rings (SSSR count). The van der Waals surface area contributed by atoms with Gasteiger partial charge in [0, 0.05) is 119 Å². The van der Waals surface area contributed by atoms with Crippen LogP contribution in [0.3, 0.4) is 0 Å². The minimum Gasteiger partial charge on any atom is -0.461 e. The lowest BCUT2D eigenvalue weighted by atomic mass is 9.67. The van der Waals surface area contributed by atoms with Crippen molar-refractivity contribution in [1.82, 2.24) is 4.90 Å². The van der Waals surface area contributed by atoms with Crippen molar-refractivity contribution < 1.29 is 62.9 Å². The zero-order valence-electron chi connectivity index (χ0n) is 48.7. The number of ether oxygens (including phenoxy) is 1. The Kier molecular flexibility index (Phi) is 30.3. The maximum absolute atomic E-state index is 13.9. The van der Waals surface area contributed by atoms with Gasteiger partial charge in [-0.05, 0) is 62.5 Å². The zero-order chi connectivity index (χ0) is 57.8. The molecule has 2 fully saturated rings. The first-order valence-corrected chi connectivity index (χ1v) is 29.8. The molecule has 1 aromatic carbocycles. The minimum atomic E-state index is -0.918. The summed E-state index contributed by atoms with van der Waals surface area (Å²) in [7, 11) is 0. The number of rotatable bonds is 42. The summed E-state index contributed by atoms with van der Waals surface area (Å²) in [5.41, 5.74) is -0.205. The Morgan fingerprint density at radius 1 is 0.718 bits per heavy atom. The SMILES string of the molecule is CCCCCC(O)/C=C/C1C(O)CC(=O)C1CCCCCCC(=O)OCc1ccc(CC(=O)C(CCCC)CC(=O)C2CCCN2C(=O)CCC(=O)CCC(=O)C(C)(C)CC(C)(CC)C(=O)CCC(=O)CCC(=O)CC)cc1. The Hall–Kier alpha value is -4.82. The van der Waals surface area contributed by atoms with Gasteiger partial charge in [0.15, 0.2) is 5.78 Å². The van der Waals surface area contributed by atoms with Crippen molar-refractivity contribution in [3.63, 3.8) is 0 Å². The first-order chi connectivity index (χ1) is 37.1. The second-order valence-electron chi connectivity index (χ2n) is 23.5. The van der Waals surface area contributed by atoms with Crippen LogP contribution in [-0.4, -0.2) is 98.0 Å². The number of hydrogen-bond donors (Lipinski definition) is 2. The van der Waals surface area contributed by atoms with Gasteiger partial charge in [-0.25, -0.2) is 0 Å². The fourth-order valence-electron chi connectivity index (χ4n) is 11.2. The number of benzene rings is 1. The number of Topliss-reactive ketones (excluding diaryl/α,β-unsaturated/α-hetero) is 8. The average molecular weight is 1090 g/mol. The van der Waals surface area contributed by atoms with Gasteiger partial charge in [-0.2, -0.15) is 0 Å². The number of amides is 1. The summed E-state index contributed by atoms with van der Waals surface area (Å²) in [6.07, 6.45) is 14.9. The average Bonchev–Trinajstić information content (AvgIpc) is 4.02. The standard InChI is InChI=1S/C64H97NO13/c1-8-12-16-21-49(67)31-35-53-52(56(71)42-57(53)72)22-17-14-15-18-24-62(77)78-43-46-27-25-45(26-28-46)40-55(70)47(20-13-9-2)41-58(73)54-23-19-39-65(54)61(76)38-34-51(69)32-36-59(74)63(5,6)44-64(7,11-4)60(75)37-33-50(68)30-29-48(66)10-3/h25-28,31,35,47,49,52-54,57,67,72H,8-24,29-30,32-34,36-44H2,1-7H3/b35-31+. The smallest absolute Gasteiger partial charge is 0.306 e. The number of carbonyl (C=O) groups excluding carboxylic acids is 10. The van der Waals surface area contributed by atoms with Crippen LogP contribution in [0.5, 0.6) is 0 Å². The van der Waals surface area contributed by atoms with Crippen molar-refractivity contribution in [1.29, 1.82) is 0 Å². The number of hydrogen-bond acceptors (Lipinski definition) is 13. The molecule has 7 atom stereocenters. The number of likely N-dealkylation sites (tertiary alicyclic amines) is 1. The van der Waals surface area contributed by atoms with Crippen LogP contribution >= 0.6 is 0 Å². The molecule has 1 heterocycles. The summed E-state index contributed by atoms with van der Waals surface area (Å²) >= 11 is 0. The predicted octanol–water partition coefficient (Wildman–Crippen LogP) is 11.2. The second-order valence-corrected chi connectivity index (χ2v) is 23.5. The summed E-state index contributed by atoms with van der Waals surface area (Å²) in [4.78, 5) is 132. The van der Waals surface area contributed by atoms with E-state index in [9.17, 15) is 58.2 Å². The fourth-order valence-corrected chi connectivity index (χ4v) is 11.2. The third-order valence-electron chi connectivity index (χ3n) is 16.6. The van der Waals surface area contributed by atoms with E-state index in [1.54, 1.807) is 38.7 Å². The summed E-state index contributed by atoms with van der Waals surface area (Å²) in [6.45, 7) is 13.6. The van der Waals surface area contributed by atoms with E-state index >= 15 is 0 Å². The third-order valence-corrected chi connectivity index (χ3v) is 16.6. The molecule has 14 nitrogen and oxygen atoms in total. The Labute approximate surface area is 466 Å². The van der Waals surface area contributed by atoms with Crippen molar-refractivity contribution in [3.8, 4) is 0 Å². The highest BCUT2D eigenvalue weighted by atomic mass is 16.5. The van der Waals surface area contributed by atoms with Crippen LogP contribution in [0.1, 0.15) is 239 Å². The molecule has 0 aromatic heterocycles. The molecule has 0 radical (unpaired) electrons. The van der Waals surface area contributed by atoms with Crippen LogP contribution in [0, 0.1) is 28.6 Å². The van der Waals surface area contributed by atoms with Crippen LogP contribution in [0.4, 0.5) is 0 Å². The van der Waals surface area contributed by atoms with Gasteiger partial charge in [0.05, 0.1) is 18.2 Å². The van der Waals surface area contributed by atoms with Crippen LogP contribution in [-0.2, 0) is 65.7 Å². The van der Waals surface area contributed by atoms with E-state index in [4.69, 9.17) is 4.74 Å². The molecule has 78 heavy (non-hydrogen) atoms. The Bertz CT molecular complexity index is 2180. The maximum atomic E-state index is 13.9. The maximum Gasteiger partial charge on any atom is 0.306 e.